The number of para-hydroxylation sites is 1. The van der Waals surface area contributed by atoms with Crippen molar-refractivity contribution in [2.75, 3.05) is 22.9 Å². The summed E-state index contributed by atoms with van der Waals surface area (Å²) in [6, 6.07) is 14.8. The number of anilines is 2. The van der Waals surface area contributed by atoms with E-state index in [0.717, 1.165) is 11.3 Å². The highest BCUT2D eigenvalue weighted by atomic mass is 35.5. The molecule has 24 heavy (non-hydrogen) atoms. The Labute approximate surface area is 147 Å². The number of aryl methyl sites for hydroxylation is 1. The molecule has 0 N–H and O–H groups in total. The van der Waals surface area contributed by atoms with Crippen LogP contribution in [0.5, 0.6) is 0 Å². The summed E-state index contributed by atoms with van der Waals surface area (Å²) in [6.45, 7) is 5.75. The second-order valence-corrected chi connectivity index (χ2v) is 5.92. The molecule has 0 heterocycles. The first-order valence-electron chi connectivity index (χ1n) is 7.83. The molecule has 0 bridgehead atoms. The maximum atomic E-state index is 12.7. The van der Waals surface area contributed by atoms with E-state index in [0.29, 0.717) is 17.3 Å². The largest absolute Gasteiger partial charge is 0.311 e. The van der Waals surface area contributed by atoms with Gasteiger partial charge in [-0.2, -0.15) is 0 Å². The monoisotopic (exact) mass is 344 g/mol. The Hall–Kier alpha value is -2.33. The van der Waals surface area contributed by atoms with E-state index in [1.54, 1.807) is 17.0 Å². The zero-order valence-corrected chi connectivity index (χ0v) is 14.9. The number of amides is 2. The van der Waals surface area contributed by atoms with E-state index in [4.69, 9.17) is 11.6 Å². The van der Waals surface area contributed by atoms with Crippen molar-refractivity contribution in [3.8, 4) is 0 Å². The summed E-state index contributed by atoms with van der Waals surface area (Å²) >= 11 is 6.15. The number of likely N-dealkylation sites (N-methyl/N-ethyl adjacent to an activating group) is 1. The van der Waals surface area contributed by atoms with Crippen molar-refractivity contribution in [2.24, 2.45) is 0 Å². The molecule has 0 atom stereocenters. The quantitative estimate of drug-likeness (QED) is 0.820. The van der Waals surface area contributed by atoms with Crippen molar-refractivity contribution < 1.29 is 9.59 Å². The third-order valence-electron chi connectivity index (χ3n) is 3.83. The number of hydrogen-bond donors (Lipinski definition) is 0. The third-order valence-corrected chi connectivity index (χ3v) is 4.23. The Morgan fingerprint density at radius 3 is 2.21 bits per heavy atom. The summed E-state index contributed by atoms with van der Waals surface area (Å²) in [4.78, 5) is 27.9. The van der Waals surface area contributed by atoms with E-state index in [1.165, 1.54) is 11.8 Å². The van der Waals surface area contributed by atoms with Gasteiger partial charge in [0.2, 0.25) is 11.8 Å². The number of halogens is 1. The fourth-order valence-corrected chi connectivity index (χ4v) is 2.64. The van der Waals surface area contributed by atoms with Crippen LogP contribution in [0.15, 0.2) is 48.5 Å². The van der Waals surface area contributed by atoms with Gasteiger partial charge in [-0.25, -0.2) is 0 Å². The van der Waals surface area contributed by atoms with Gasteiger partial charge >= 0.3 is 0 Å². The van der Waals surface area contributed by atoms with Gasteiger partial charge in [0.1, 0.15) is 6.54 Å². The molecular weight excluding hydrogens is 324 g/mol. The van der Waals surface area contributed by atoms with Gasteiger partial charge in [-0.3, -0.25) is 9.59 Å². The van der Waals surface area contributed by atoms with Gasteiger partial charge < -0.3 is 9.80 Å². The molecule has 0 spiro atoms. The summed E-state index contributed by atoms with van der Waals surface area (Å²) in [5.41, 5.74) is 2.36. The topological polar surface area (TPSA) is 40.6 Å². The molecule has 0 aliphatic carbocycles. The van der Waals surface area contributed by atoms with Crippen LogP contribution in [0.25, 0.3) is 0 Å². The first kappa shape index (κ1) is 18.0. The van der Waals surface area contributed by atoms with Gasteiger partial charge in [-0.05, 0) is 43.7 Å². The van der Waals surface area contributed by atoms with Crippen molar-refractivity contribution in [3.63, 3.8) is 0 Å². The molecule has 2 amide bonds. The standard InChI is InChI=1S/C19H21ClN2O2/c1-4-21(16-8-6-5-7-9-16)19(24)13-22(15(3)23)17-11-10-14(2)18(20)12-17/h5-12H,4,13H2,1-3H3. The summed E-state index contributed by atoms with van der Waals surface area (Å²) in [5.74, 6) is -0.344. The fourth-order valence-electron chi connectivity index (χ4n) is 2.47. The molecule has 0 aliphatic heterocycles. The van der Waals surface area contributed by atoms with Gasteiger partial charge in [-0.1, -0.05) is 35.9 Å². The Morgan fingerprint density at radius 2 is 1.67 bits per heavy atom. The predicted octanol–water partition coefficient (Wildman–Crippen LogP) is 4.05. The summed E-state index contributed by atoms with van der Waals surface area (Å²) in [5, 5.41) is 0.571. The summed E-state index contributed by atoms with van der Waals surface area (Å²) in [6.07, 6.45) is 0. The molecule has 2 rings (SSSR count). The highest BCUT2D eigenvalue weighted by Gasteiger charge is 2.21. The molecule has 0 saturated heterocycles. The maximum absolute atomic E-state index is 12.7. The van der Waals surface area contributed by atoms with Gasteiger partial charge in [-0.15, -0.1) is 0 Å². The van der Waals surface area contributed by atoms with Gasteiger partial charge in [0.25, 0.3) is 0 Å². The molecule has 2 aromatic rings. The van der Waals surface area contributed by atoms with E-state index in [2.05, 4.69) is 0 Å². The lowest BCUT2D eigenvalue weighted by molar-refractivity contribution is -0.121. The molecule has 2 aromatic carbocycles. The number of nitrogens with zero attached hydrogens (tertiary/aromatic N) is 2. The second-order valence-electron chi connectivity index (χ2n) is 5.51. The van der Waals surface area contributed by atoms with Crippen LogP contribution in [-0.4, -0.2) is 24.9 Å². The minimum atomic E-state index is -0.201. The number of hydrogen-bond acceptors (Lipinski definition) is 2. The van der Waals surface area contributed by atoms with Crippen molar-refractivity contribution in [3.05, 3.63) is 59.1 Å². The lowest BCUT2D eigenvalue weighted by atomic mass is 10.2. The minimum Gasteiger partial charge on any atom is -0.311 e. The molecule has 0 aromatic heterocycles. The van der Waals surface area contributed by atoms with Gasteiger partial charge in [0.15, 0.2) is 0 Å². The zero-order chi connectivity index (χ0) is 17.7. The Kier molecular flexibility index (Phi) is 5.99. The molecule has 0 saturated carbocycles. The maximum Gasteiger partial charge on any atom is 0.247 e. The average molecular weight is 345 g/mol. The lowest BCUT2D eigenvalue weighted by Gasteiger charge is -2.26. The summed E-state index contributed by atoms with van der Waals surface area (Å²) < 4.78 is 0. The first-order valence-corrected chi connectivity index (χ1v) is 8.21. The molecule has 0 unspecified atom stereocenters. The SMILES string of the molecule is CCN(C(=O)CN(C(C)=O)c1ccc(C)c(Cl)c1)c1ccccc1. The van der Waals surface area contributed by atoms with Crippen LogP contribution in [0.3, 0.4) is 0 Å². The van der Waals surface area contributed by atoms with Crippen LogP contribution < -0.4 is 9.80 Å². The number of carbonyl (C=O) groups is 2. The first-order chi connectivity index (χ1) is 11.4. The van der Waals surface area contributed by atoms with E-state index >= 15 is 0 Å². The van der Waals surface area contributed by atoms with Crippen LogP contribution in [0.1, 0.15) is 19.4 Å². The fraction of sp³-hybridized carbons (Fsp3) is 0.263. The van der Waals surface area contributed by atoms with Crippen LogP contribution >= 0.6 is 11.6 Å². The van der Waals surface area contributed by atoms with Crippen LogP contribution in [-0.2, 0) is 9.59 Å². The molecular formula is C19H21ClN2O2. The van der Waals surface area contributed by atoms with E-state index < -0.39 is 0 Å². The number of carbonyl (C=O) groups excluding carboxylic acids is 2. The molecule has 5 heteroatoms. The Morgan fingerprint density at radius 1 is 1.00 bits per heavy atom. The van der Waals surface area contributed by atoms with Crippen molar-refractivity contribution in [1.82, 2.24) is 0 Å². The van der Waals surface area contributed by atoms with Crippen molar-refractivity contribution in [2.45, 2.75) is 20.8 Å². The van der Waals surface area contributed by atoms with Crippen molar-refractivity contribution >= 4 is 34.8 Å². The smallest absolute Gasteiger partial charge is 0.247 e. The van der Waals surface area contributed by atoms with E-state index in [9.17, 15) is 9.59 Å². The Balaban J connectivity index is 2.25. The van der Waals surface area contributed by atoms with Crippen molar-refractivity contribution in [1.29, 1.82) is 0 Å². The lowest BCUT2D eigenvalue weighted by Crippen LogP contribution is -2.42. The number of rotatable bonds is 5. The molecule has 0 radical (unpaired) electrons. The Bertz CT molecular complexity index is 731. The third kappa shape index (κ3) is 4.15. The number of benzene rings is 2. The molecule has 0 fully saturated rings. The molecule has 0 aliphatic rings. The molecule has 126 valence electrons. The highest BCUT2D eigenvalue weighted by molar-refractivity contribution is 6.31. The van der Waals surface area contributed by atoms with E-state index in [1.807, 2.05) is 50.2 Å². The van der Waals surface area contributed by atoms with Gasteiger partial charge in [0, 0.05) is 29.9 Å². The van der Waals surface area contributed by atoms with E-state index in [-0.39, 0.29) is 18.4 Å². The predicted molar refractivity (Wildman–Crippen MR) is 98.7 cm³/mol. The average Bonchev–Trinajstić information content (AvgIpc) is 2.57. The highest BCUT2D eigenvalue weighted by Crippen LogP contribution is 2.24. The molecule has 4 nitrogen and oxygen atoms in total. The minimum absolute atomic E-state index is 0.0303. The zero-order valence-electron chi connectivity index (χ0n) is 14.1. The van der Waals surface area contributed by atoms with Crippen LogP contribution in [0.4, 0.5) is 11.4 Å². The normalized spacial score (nSPS) is 10.3. The van der Waals surface area contributed by atoms with Crippen LogP contribution in [0.2, 0.25) is 5.02 Å². The second kappa shape index (κ2) is 7.97. The van der Waals surface area contributed by atoms with Gasteiger partial charge in [0.05, 0.1) is 0 Å². The summed E-state index contributed by atoms with van der Waals surface area (Å²) in [7, 11) is 0. The van der Waals surface area contributed by atoms with Crippen LogP contribution in [0, 0.1) is 6.92 Å².